The average molecular weight is 599 g/mol. The Kier molecular flexibility index (Phi) is 5.54. The molecule has 1 aliphatic rings. The van der Waals surface area contributed by atoms with Gasteiger partial charge < -0.3 is 0 Å². The number of hydrogen-bond donors (Lipinski definition) is 0. The first kappa shape index (κ1) is 25.9. The molecule has 0 N–H and O–H groups in total. The quantitative estimate of drug-likeness (QED) is 0.202. The van der Waals surface area contributed by atoms with Crippen LogP contribution in [0.4, 0.5) is 0 Å². The first-order valence-corrected chi connectivity index (χ1v) is 15.9. The minimum Gasteiger partial charge on any atom is -0.278 e. The van der Waals surface area contributed by atoms with Crippen LogP contribution in [-0.4, -0.2) is 19.5 Å². The highest BCUT2D eigenvalue weighted by molar-refractivity contribution is 6.15. The van der Waals surface area contributed by atoms with Crippen LogP contribution in [0.5, 0.6) is 0 Å². The average Bonchev–Trinajstić information content (AvgIpc) is 3.66. The summed E-state index contributed by atoms with van der Waals surface area (Å²) in [6, 6.07) is 55.5. The third-order valence-corrected chi connectivity index (χ3v) is 9.42. The van der Waals surface area contributed by atoms with E-state index < -0.39 is 0 Å². The van der Waals surface area contributed by atoms with Gasteiger partial charge >= 0.3 is 0 Å². The molecule has 2 heterocycles. The van der Waals surface area contributed by atoms with Crippen molar-refractivity contribution in [3.8, 4) is 62.1 Å². The number of rotatable bonds is 4. The maximum absolute atomic E-state index is 5.24. The standard InChI is InChI=1S/C43H26N4/c1-2-12-28(13-3-1)41-44-42(46-43(45-41)47-38-22-8-6-17-32(38)33-18-7-9-23-39(33)47)36-19-5-4-16-30(36)29-24-25-31-34-20-10-14-27-15-11-21-35(40(27)34)37(31)26-29/h1-26H. The van der Waals surface area contributed by atoms with Crippen molar-refractivity contribution < 1.29 is 0 Å². The second-order valence-corrected chi connectivity index (χ2v) is 12.0. The van der Waals surface area contributed by atoms with Gasteiger partial charge in [-0.3, -0.25) is 4.57 Å². The predicted octanol–water partition coefficient (Wildman–Crippen LogP) is 10.8. The number of benzene rings is 7. The van der Waals surface area contributed by atoms with Crippen molar-refractivity contribution in [3.05, 3.63) is 158 Å². The van der Waals surface area contributed by atoms with Gasteiger partial charge in [-0.05, 0) is 62.4 Å². The topological polar surface area (TPSA) is 43.6 Å². The lowest BCUT2D eigenvalue weighted by molar-refractivity contribution is 0.953. The zero-order valence-electron chi connectivity index (χ0n) is 25.3. The molecule has 4 heteroatoms. The lowest BCUT2D eigenvalue weighted by atomic mass is 9.94. The largest absolute Gasteiger partial charge is 0.278 e. The van der Waals surface area contributed by atoms with Crippen LogP contribution in [0.2, 0.25) is 0 Å². The Hall–Kier alpha value is -6.39. The maximum Gasteiger partial charge on any atom is 0.238 e. The molecule has 0 atom stereocenters. The first-order chi connectivity index (χ1) is 23.3. The minimum absolute atomic E-state index is 0.595. The molecule has 0 unspecified atom stereocenters. The fraction of sp³-hybridized carbons (Fsp3) is 0. The van der Waals surface area contributed by atoms with Crippen molar-refractivity contribution in [2.45, 2.75) is 0 Å². The molecular weight excluding hydrogens is 573 g/mol. The summed E-state index contributed by atoms with van der Waals surface area (Å²) in [5.41, 5.74) is 11.4. The van der Waals surface area contributed by atoms with Gasteiger partial charge in [-0.25, -0.2) is 4.98 Å². The Balaban J connectivity index is 1.20. The second kappa shape index (κ2) is 10.1. The molecule has 9 aromatic rings. The number of nitrogens with zero attached hydrogens (tertiary/aromatic N) is 4. The third kappa shape index (κ3) is 3.92. The highest BCUT2D eigenvalue weighted by Gasteiger charge is 2.23. The van der Waals surface area contributed by atoms with E-state index in [0.717, 1.165) is 33.3 Å². The molecule has 0 fully saturated rings. The van der Waals surface area contributed by atoms with Crippen molar-refractivity contribution >= 4 is 32.6 Å². The Morgan fingerprint density at radius 3 is 1.70 bits per heavy atom. The van der Waals surface area contributed by atoms with Crippen LogP contribution in [0, 0.1) is 0 Å². The van der Waals surface area contributed by atoms with Gasteiger partial charge in [0.15, 0.2) is 11.6 Å². The van der Waals surface area contributed by atoms with Crippen LogP contribution in [0.25, 0.3) is 94.7 Å². The van der Waals surface area contributed by atoms with E-state index in [9.17, 15) is 0 Å². The van der Waals surface area contributed by atoms with Gasteiger partial charge in [0.2, 0.25) is 5.95 Å². The highest BCUT2D eigenvalue weighted by atomic mass is 15.2. The molecule has 2 aromatic heterocycles. The smallest absolute Gasteiger partial charge is 0.238 e. The second-order valence-electron chi connectivity index (χ2n) is 12.0. The van der Waals surface area contributed by atoms with Crippen LogP contribution in [-0.2, 0) is 0 Å². The maximum atomic E-state index is 5.24. The summed E-state index contributed by atoms with van der Waals surface area (Å²) in [5.74, 6) is 1.87. The molecule has 4 nitrogen and oxygen atoms in total. The number of hydrogen-bond acceptors (Lipinski definition) is 3. The summed E-state index contributed by atoms with van der Waals surface area (Å²) in [6.07, 6.45) is 0. The molecule has 1 aliphatic carbocycles. The van der Waals surface area contributed by atoms with E-state index in [1.165, 1.54) is 43.8 Å². The van der Waals surface area contributed by atoms with E-state index in [0.29, 0.717) is 17.6 Å². The van der Waals surface area contributed by atoms with Gasteiger partial charge in [-0.2, -0.15) is 9.97 Å². The molecule has 0 bridgehead atoms. The van der Waals surface area contributed by atoms with Gasteiger partial charge in [-0.1, -0.05) is 140 Å². The van der Waals surface area contributed by atoms with Crippen molar-refractivity contribution in [2.24, 2.45) is 0 Å². The van der Waals surface area contributed by atoms with Gasteiger partial charge in [0.25, 0.3) is 0 Å². The molecule has 0 aliphatic heterocycles. The molecule has 0 spiro atoms. The first-order valence-electron chi connectivity index (χ1n) is 15.9. The van der Waals surface area contributed by atoms with Crippen molar-refractivity contribution in [2.75, 3.05) is 0 Å². The van der Waals surface area contributed by atoms with E-state index in [1.807, 2.05) is 18.2 Å². The SMILES string of the molecule is c1ccc(-c2nc(-c3ccccc3-c3ccc4c(c3)-c3cccc5cccc-4c35)nc(-n3c4ccccc4c4ccccc43)n2)cc1. The minimum atomic E-state index is 0.595. The van der Waals surface area contributed by atoms with Crippen molar-refractivity contribution in [3.63, 3.8) is 0 Å². The zero-order chi connectivity index (χ0) is 30.9. The molecule has 0 radical (unpaired) electrons. The molecule has 0 amide bonds. The Morgan fingerprint density at radius 2 is 0.957 bits per heavy atom. The molecule has 10 rings (SSSR count). The van der Waals surface area contributed by atoms with Crippen LogP contribution < -0.4 is 0 Å². The fourth-order valence-corrected chi connectivity index (χ4v) is 7.33. The van der Waals surface area contributed by atoms with Gasteiger partial charge in [0, 0.05) is 21.9 Å². The predicted molar refractivity (Wildman–Crippen MR) is 192 cm³/mol. The van der Waals surface area contributed by atoms with Crippen molar-refractivity contribution in [1.29, 1.82) is 0 Å². The van der Waals surface area contributed by atoms with E-state index in [-0.39, 0.29) is 0 Å². The molecule has 7 aromatic carbocycles. The third-order valence-electron chi connectivity index (χ3n) is 9.42. The van der Waals surface area contributed by atoms with Crippen LogP contribution in [0.1, 0.15) is 0 Å². The summed E-state index contributed by atoms with van der Waals surface area (Å²) in [4.78, 5) is 15.5. The number of fused-ring (bicyclic) bond motifs is 6. The molecule has 0 saturated carbocycles. The van der Waals surface area contributed by atoms with Crippen LogP contribution >= 0.6 is 0 Å². The van der Waals surface area contributed by atoms with E-state index in [1.54, 1.807) is 0 Å². The molecule has 47 heavy (non-hydrogen) atoms. The number of aromatic nitrogens is 4. The zero-order valence-corrected chi connectivity index (χ0v) is 25.3. The molecule has 218 valence electrons. The lowest BCUT2D eigenvalue weighted by Gasteiger charge is -2.14. The molecule has 0 saturated heterocycles. The van der Waals surface area contributed by atoms with Gasteiger partial charge in [0.1, 0.15) is 0 Å². The van der Waals surface area contributed by atoms with Crippen LogP contribution in [0.3, 0.4) is 0 Å². The summed E-state index contributed by atoms with van der Waals surface area (Å²) >= 11 is 0. The normalized spacial score (nSPS) is 11.8. The van der Waals surface area contributed by atoms with E-state index in [2.05, 4.69) is 144 Å². The van der Waals surface area contributed by atoms with Crippen LogP contribution in [0.15, 0.2) is 158 Å². The summed E-state index contributed by atoms with van der Waals surface area (Å²) in [7, 11) is 0. The van der Waals surface area contributed by atoms with Gasteiger partial charge in [-0.15, -0.1) is 0 Å². The summed E-state index contributed by atoms with van der Waals surface area (Å²) in [5, 5.41) is 4.94. The van der Waals surface area contributed by atoms with E-state index in [4.69, 9.17) is 15.0 Å². The Bertz CT molecular complexity index is 2630. The Morgan fingerprint density at radius 1 is 0.362 bits per heavy atom. The summed E-state index contributed by atoms with van der Waals surface area (Å²) < 4.78 is 2.16. The highest BCUT2D eigenvalue weighted by Crippen LogP contribution is 2.48. The Labute approximate surface area is 271 Å². The molecular formula is C43H26N4. The monoisotopic (exact) mass is 598 g/mol. The summed E-state index contributed by atoms with van der Waals surface area (Å²) in [6.45, 7) is 0. The van der Waals surface area contributed by atoms with Gasteiger partial charge in [0.05, 0.1) is 11.0 Å². The number of para-hydroxylation sites is 2. The fourth-order valence-electron chi connectivity index (χ4n) is 7.33. The van der Waals surface area contributed by atoms with E-state index >= 15 is 0 Å². The van der Waals surface area contributed by atoms with Crippen molar-refractivity contribution in [1.82, 2.24) is 19.5 Å². The lowest BCUT2D eigenvalue weighted by Crippen LogP contribution is -2.06.